The number of hydrogen-bond acceptors (Lipinski definition) is 3. The Morgan fingerprint density at radius 3 is 2.53 bits per heavy atom. The molecule has 0 aliphatic heterocycles. The lowest BCUT2D eigenvalue weighted by Crippen LogP contribution is -2.14. The Kier molecular flexibility index (Phi) is 4.57. The molecule has 0 fully saturated rings. The van der Waals surface area contributed by atoms with Gasteiger partial charge in [-0.15, -0.1) is 0 Å². The summed E-state index contributed by atoms with van der Waals surface area (Å²) < 4.78 is 6.28. The molecule has 15 heavy (non-hydrogen) atoms. The normalized spacial score (nSPS) is 14.7. The summed E-state index contributed by atoms with van der Waals surface area (Å²) in [5.74, 6) is 0.606. The molecule has 84 valence electrons. The van der Waals surface area contributed by atoms with Crippen molar-refractivity contribution in [2.45, 2.75) is 26.1 Å². The highest BCUT2D eigenvalue weighted by molar-refractivity contribution is 9.10. The van der Waals surface area contributed by atoms with Crippen molar-refractivity contribution in [3.63, 3.8) is 0 Å². The van der Waals surface area contributed by atoms with E-state index in [1.54, 1.807) is 19.9 Å². The lowest BCUT2D eigenvalue weighted by Gasteiger charge is -2.14. The molecule has 0 radical (unpaired) electrons. The number of ether oxygens (including phenoxy) is 1. The van der Waals surface area contributed by atoms with Crippen LogP contribution in [-0.4, -0.2) is 22.9 Å². The standard InChI is InChI=1S/C11H15BrO3/c1-7(13)6-15-11-4-3-9(12)5-10(11)8(2)14/h3-5,7-8,13-14H,6H2,1-2H3. The van der Waals surface area contributed by atoms with Crippen LogP contribution >= 0.6 is 15.9 Å². The summed E-state index contributed by atoms with van der Waals surface area (Å²) in [6.45, 7) is 3.55. The predicted molar refractivity (Wildman–Crippen MR) is 62.0 cm³/mol. The van der Waals surface area contributed by atoms with E-state index in [0.29, 0.717) is 11.3 Å². The molecular formula is C11H15BrO3. The van der Waals surface area contributed by atoms with Gasteiger partial charge in [-0.3, -0.25) is 0 Å². The molecule has 0 bridgehead atoms. The van der Waals surface area contributed by atoms with Crippen molar-refractivity contribution in [2.75, 3.05) is 6.61 Å². The number of aliphatic hydroxyl groups excluding tert-OH is 2. The van der Waals surface area contributed by atoms with E-state index in [0.717, 1.165) is 4.47 Å². The second-order valence-electron chi connectivity index (χ2n) is 3.52. The maximum absolute atomic E-state index is 9.53. The van der Waals surface area contributed by atoms with Crippen LogP contribution in [-0.2, 0) is 0 Å². The quantitative estimate of drug-likeness (QED) is 0.886. The SMILES string of the molecule is CC(O)COc1ccc(Br)cc1C(C)O. The summed E-state index contributed by atoms with van der Waals surface area (Å²) in [6, 6.07) is 5.42. The molecule has 0 spiro atoms. The number of hydrogen-bond donors (Lipinski definition) is 2. The van der Waals surface area contributed by atoms with Crippen molar-refractivity contribution >= 4 is 15.9 Å². The molecule has 2 atom stereocenters. The van der Waals surface area contributed by atoms with Gasteiger partial charge in [-0.05, 0) is 32.0 Å². The molecule has 4 heteroatoms. The van der Waals surface area contributed by atoms with Crippen LogP contribution in [0.25, 0.3) is 0 Å². The fourth-order valence-corrected chi connectivity index (χ4v) is 1.57. The van der Waals surface area contributed by atoms with Gasteiger partial charge in [-0.2, -0.15) is 0 Å². The molecule has 3 nitrogen and oxygen atoms in total. The summed E-state index contributed by atoms with van der Waals surface area (Å²) in [7, 11) is 0. The molecule has 0 amide bonds. The predicted octanol–water partition coefficient (Wildman–Crippen LogP) is 2.26. The molecule has 1 rings (SSSR count). The van der Waals surface area contributed by atoms with Crippen LogP contribution in [0, 0.1) is 0 Å². The number of halogens is 1. The smallest absolute Gasteiger partial charge is 0.125 e. The molecular weight excluding hydrogens is 260 g/mol. The topological polar surface area (TPSA) is 49.7 Å². The molecule has 0 saturated carbocycles. The zero-order valence-corrected chi connectivity index (χ0v) is 10.4. The average Bonchev–Trinajstić information content (AvgIpc) is 2.15. The van der Waals surface area contributed by atoms with Crippen molar-refractivity contribution in [3.05, 3.63) is 28.2 Å². The van der Waals surface area contributed by atoms with E-state index in [1.807, 2.05) is 12.1 Å². The first-order valence-corrected chi connectivity index (χ1v) is 5.58. The number of benzene rings is 1. The third-order valence-electron chi connectivity index (χ3n) is 1.90. The third-order valence-corrected chi connectivity index (χ3v) is 2.40. The van der Waals surface area contributed by atoms with Gasteiger partial charge in [0, 0.05) is 10.0 Å². The summed E-state index contributed by atoms with van der Waals surface area (Å²) >= 11 is 3.33. The molecule has 0 heterocycles. The molecule has 2 unspecified atom stereocenters. The van der Waals surface area contributed by atoms with Gasteiger partial charge in [0.05, 0.1) is 12.2 Å². The Labute approximate surface area is 97.8 Å². The third kappa shape index (κ3) is 3.81. The minimum absolute atomic E-state index is 0.224. The van der Waals surface area contributed by atoms with E-state index < -0.39 is 12.2 Å². The van der Waals surface area contributed by atoms with Crippen LogP contribution in [0.4, 0.5) is 0 Å². The van der Waals surface area contributed by atoms with Crippen molar-refractivity contribution in [3.8, 4) is 5.75 Å². The Bertz CT molecular complexity index is 324. The monoisotopic (exact) mass is 274 g/mol. The fraction of sp³-hybridized carbons (Fsp3) is 0.455. The summed E-state index contributed by atoms with van der Waals surface area (Å²) in [5.41, 5.74) is 0.713. The molecule has 1 aromatic rings. The molecule has 2 N–H and O–H groups in total. The van der Waals surface area contributed by atoms with Crippen molar-refractivity contribution in [1.29, 1.82) is 0 Å². The van der Waals surface area contributed by atoms with Gasteiger partial charge < -0.3 is 14.9 Å². The first kappa shape index (κ1) is 12.5. The molecule has 1 aromatic carbocycles. The summed E-state index contributed by atoms with van der Waals surface area (Å²) in [5, 5.41) is 18.6. The lowest BCUT2D eigenvalue weighted by atomic mass is 10.1. The van der Waals surface area contributed by atoms with Gasteiger partial charge in [0.1, 0.15) is 12.4 Å². The van der Waals surface area contributed by atoms with Gasteiger partial charge in [0.2, 0.25) is 0 Å². The van der Waals surface area contributed by atoms with Crippen LogP contribution in [0.2, 0.25) is 0 Å². The van der Waals surface area contributed by atoms with E-state index in [9.17, 15) is 5.11 Å². The summed E-state index contributed by atoms with van der Waals surface area (Å²) in [6.07, 6.45) is -1.11. The summed E-state index contributed by atoms with van der Waals surface area (Å²) in [4.78, 5) is 0. The highest BCUT2D eigenvalue weighted by Crippen LogP contribution is 2.28. The Morgan fingerprint density at radius 2 is 2.00 bits per heavy atom. The van der Waals surface area contributed by atoms with Gasteiger partial charge in [0.15, 0.2) is 0 Å². The minimum Gasteiger partial charge on any atom is -0.491 e. The molecule has 0 aromatic heterocycles. The average molecular weight is 275 g/mol. The number of rotatable bonds is 4. The van der Waals surface area contributed by atoms with E-state index in [2.05, 4.69) is 15.9 Å². The largest absolute Gasteiger partial charge is 0.491 e. The van der Waals surface area contributed by atoms with E-state index in [1.165, 1.54) is 0 Å². The fourth-order valence-electron chi connectivity index (χ4n) is 1.19. The zero-order chi connectivity index (χ0) is 11.4. The molecule has 0 aliphatic carbocycles. The van der Waals surface area contributed by atoms with Gasteiger partial charge in [-0.1, -0.05) is 15.9 Å². The highest BCUT2D eigenvalue weighted by atomic mass is 79.9. The van der Waals surface area contributed by atoms with E-state index in [-0.39, 0.29) is 6.61 Å². The Morgan fingerprint density at radius 1 is 1.33 bits per heavy atom. The van der Waals surface area contributed by atoms with Crippen LogP contribution in [0.5, 0.6) is 5.75 Å². The second kappa shape index (κ2) is 5.49. The van der Waals surface area contributed by atoms with Crippen molar-refractivity contribution < 1.29 is 14.9 Å². The zero-order valence-electron chi connectivity index (χ0n) is 8.77. The van der Waals surface area contributed by atoms with Crippen LogP contribution < -0.4 is 4.74 Å². The van der Waals surface area contributed by atoms with Crippen molar-refractivity contribution in [1.82, 2.24) is 0 Å². The van der Waals surface area contributed by atoms with Crippen molar-refractivity contribution in [2.24, 2.45) is 0 Å². The van der Waals surface area contributed by atoms with E-state index >= 15 is 0 Å². The van der Waals surface area contributed by atoms with Crippen LogP contribution in [0.3, 0.4) is 0 Å². The van der Waals surface area contributed by atoms with Crippen LogP contribution in [0.1, 0.15) is 25.5 Å². The molecule has 0 saturated heterocycles. The number of aliphatic hydroxyl groups is 2. The Balaban J connectivity index is 2.86. The highest BCUT2D eigenvalue weighted by Gasteiger charge is 2.10. The minimum atomic E-state index is -0.591. The maximum atomic E-state index is 9.53. The van der Waals surface area contributed by atoms with Crippen LogP contribution in [0.15, 0.2) is 22.7 Å². The Hall–Kier alpha value is -0.580. The first-order chi connectivity index (χ1) is 7.00. The second-order valence-corrected chi connectivity index (χ2v) is 4.43. The van der Waals surface area contributed by atoms with E-state index in [4.69, 9.17) is 9.84 Å². The first-order valence-electron chi connectivity index (χ1n) is 4.79. The van der Waals surface area contributed by atoms with Gasteiger partial charge in [0.25, 0.3) is 0 Å². The van der Waals surface area contributed by atoms with Gasteiger partial charge >= 0.3 is 0 Å². The lowest BCUT2D eigenvalue weighted by molar-refractivity contribution is 0.118. The van der Waals surface area contributed by atoms with Gasteiger partial charge in [-0.25, -0.2) is 0 Å². The molecule has 0 aliphatic rings. The maximum Gasteiger partial charge on any atom is 0.125 e.